The first kappa shape index (κ1) is 15.5. The largest absolute Gasteiger partial charge is 0.392 e. The van der Waals surface area contributed by atoms with Crippen molar-refractivity contribution in [3.8, 4) is 0 Å². The first-order valence-electron chi connectivity index (χ1n) is 6.95. The van der Waals surface area contributed by atoms with Crippen LogP contribution in [0.2, 0.25) is 0 Å². The van der Waals surface area contributed by atoms with Gasteiger partial charge in [0.05, 0.1) is 6.61 Å². The molecule has 0 saturated carbocycles. The molecule has 0 saturated heterocycles. The fourth-order valence-electron chi connectivity index (χ4n) is 1.99. The third-order valence-electron chi connectivity index (χ3n) is 3.14. The van der Waals surface area contributed by atoms with Gasteiger partial charge in [0.1, 0.15) is 6.04 Å². The van der Waals surface area contributed by atoms with Crippen LogP contribution in [0.1, 0.15) is 17.4 Å². The predicted octanol–water partition coefficient (Wildman–Crippen LogP) is 2.40. The molecule has 0 fully saturated rings. The fraction of sp³-hybridized carbons (Fsp3) is 0.312. The third kappa shape index (κ3) is 4.88. The number of hydrogen-bond donors (Lipinski definition) is 3. The van der Waals surface area contributed by atoms with Crippen molar-refractivity contribution in [2.75, 3.05) is 11.9 Å². The van der Waals surface area contributed by atoms with E-state index in [4.69, 9.17) is 5.11 Å². The van der Waals surface area contributed by atoms with E-state index >= 15 is 0 Å². The monoisotopic (exact) mass is 304 g/mol. The van der Waals surface area contributed by atoms with Gasteiger partial charge in [0.2, 0.25) is 5.91 Å². The van der Waals surface area contributed by atoms with Crippen LogP contribution in [0, 0.1) is 0 Å². The summed E-state index contributed by atoms with van der Waals surface area (Å²) < 4.78 is 0. The number of rotatable bonds is 7. The van der Waals surface area contributed by atoms with Crippen molar-refractivity contribution in [2.24, 2.45) is 0 Å². The molecule has 0 aliphatic heterocycles. The van der Waals surface area contributed by atoms with E-state index in [1.54, 1.807) is 11.3 Å². The number of carbonyl (C=O) groups excluding carboxylic acids is 1. The van der Waals surface area contributed by atoms with Crippen molar-refractivity contribution in [1.82, 2.24) is 5.32 Å². The van der Waals surface area contributed by atoms with Crippen LogP contribution in [0.4, 0.5) is 5.69 Å². The Labute approximate surface area is 128 Å². The SMILES string of the molecule is CC(Nc1cccc(CO)c1)C(=O)NCCc1cccs1. The topological polar surface area (TPSA) is 61.4 Å². The molecule has 3 N–H and O–H groups in total. The molecule has 1 amide bonds. The maximum atomic E-state index is 12.0. The fourth-order valence-corrected chi connectivity index (χ4v) is 2.70. The lowest BCUT2D eigenvalue weighted by molar-refractivity contribution is -0.121. The Kier molecular flexibility index (Phi) is 5.78. The Hall–Kier alpha value is -1.85. The number of nitrogens with one attached hydrogen (secondary N) is 2. The van der Waals surface area contributed by atoms with Crippen LogP contribution in [0.3, 0.4) is 0 Å². The van der Waals surface area contributed by atoms with Crippen molar-refractivity contribution in [3.63, 3.8) is 0 Å². The van der Waals surface area contributed by atoms with E-state index in [1.165, 1.54) is 4.88 Å². The highest BCUT2D eigenvalue weighted by atomic mass is 32.1. The highest BCUT2D eigenvalue weighted by Gasteiger charge is 2.12. The standard InChI is InChI=1S/C16H20N2O2S/c1-12(18-14-5-2-4-13(10-14)11-19)16(20)17-8-7-15-6-3-9-21-15/h2-6,9-10,12,18-19H,7-8,11H2,1H3,(H,17,20). The molecule has 2 aromatic rings. The van der Waals surface area contributed by atoms with Gasteiger partial charge in [-0.05, 0) is 42.5 Å². The average molecular weight is 304 g/mol. The Morgan fingerprint density at radius 3 is 2.90 bits per heavy atom. The molecule has 0 aliphatic carbocycles. The number of thiophene rings is 1. The minimum Gasteiger partial charge on any atom is -0.392 e. The summed E-state index contributed by atoms with van der Waals surface area (Å²) in [6, 6.07) is 11.2. The van der Waals surface area contributed by atoms with Gasteiger partial charge in [0, 0.05) is 17.1 Å². The zero-order valence-corrected chi connectivity index (χ0v) is 12.8. The van der Waals surface area contributed by atoms with Crippen molar-refractivity contribution in [3.05, 3.63) is 52.2 Å². The summed E-state index contributed by atoms with van der Waals surface area (Å²) in [6.45, 7) is 2.46. The van der Waals surface area contributed by atoms with Crippen molar-refractivity contribution < 1.29 is 9.90 Å². The molecule has 0 radical (unpaired) electrons. The van der Waals surface area contributed by atoms with E-state index in [0.717, 1.165) is 17.7 Å². The molecular formula is C16H20N2O2S. The van der Waals surface area contributed by atoms with Crippen LogP contribution in [0.5, 0.6) is 0 Å². The zero-order chi connectivity index (χ0) is 15.1. The average Bonchev–Trinajstić information content (AvgIpc) is 3.00. The second kappa shape index (κ2) is 7.81. The van der Waals surface area contributed by atoms with Crippen LogP contribution < -0.4 is 10.6 Å². The van der Waals surface area contributed by atoms with Crippen LogP contribution >= 0.6 is 11.3 Å². The van der Waals surface area contributed by atoms with E-state index in [9.17, 15) is 4.79 Å². The summed E-state index contributed by atoms with van der Waals surface area (Å²) in [4.78, 5) is 13.3. The van der Waals surface area contributed by atoms with Crippen LogP contribution in [-0.2, 0) is 17.8 Å². The van der Waals surface area contributed by atoms with Crippen LogP contribution in [0.15, 0.2) is 41.8 Å². The molecule has 1 aromatic heterocycles. The number of benzene rings is 1. The van der Waals surface area contributed by atoms with E-state index in [-0.39, 0.29) is 18.6 Å². The number of hydrogen-bond acceptors (Lipinski definition) is 4. The van der Waals surface area contributed by atoms with Gasteiger partial charge >= 0.3 is 0 Å². The van der Waals surface area contributed by atoms with Gasteiger partial charge < -0.3 is 15.7 Å². The quantitative estimate of drug-likeness (QED) is 0.736. The lowest BCUT2D eigenvalue weighted by Gasteiger charge is -2.15. The summed E-state index contributed by atoms with van der Waals surface area (Å²) in [5.74, 6) is -0.0269. The highest BCUT2D eigenvalue weighted by Crippen LogP contribution is 2.12. The summed E-state index contributed by atoms with van der Waals surface area (Å²) in [7, 11) is 0. The molecule has 21 heavy (non-hydrogen) atoms. The van der Waals surface area contributed by atoms with Crippen molar-refractivity contribution in [1.29, 1.82) is 0 Å². The van der Waals surface area contributed by atoms with E-state index in [1.807, 2.05) is 42.6 Å². The van der Waals surface area contributed by atoms with Gasteiger partial charge in [-0.15, -0.1) is 11.3 Å². The van der Waals surface area contributed by atoms with Crippen molar-refractivity contribution >= 4 is 22.9 Å². The second-order valence-corrected chi connectivity index (χ2v) is 5.88. The predicted molar refractivity (Wildman–Crippen MR) is 86.5 cm³/mol. The summed E-state index contributed by atoms with van der Waals surface area (Å²) in [5, 5.41) is 17.2. The summed E-state index contributed by atoms with van der Waals surface area (Å²) in [6.07, 6.45) is 0.857. The number of carbonyl (C=O) groups is 1. The molecule has 4 nitrogen and oxygen atoms in total. The number of aliphatic hydroxyl groups excluding tert-OH is 1. The molecule has 2 rings (SSSR count). The van der Waals surface area contributed by atoms with Gasteiger partial charge in [-0.3, -0.25) is 4.79 Å². The Balaban J connectivity index is 1.78. The molecule has 0 bridgehead atoms. The molecule has 1 atom stereocenters. The minimum atomic E-state index is -0.317. The third-order valence-corrected chi connectivity index (χ3v) is 4.07. The van der Waals surface area contributed by atoms with Crippen molar-refractivity contribution in [2.45, 2.75) is 26.0 Å². The lowest BCUT2D eigenvalue weighted by atomic mass is 10.2. The molecular weight excluding hydrogens is 284 g/mol. The van der Waals surface area contributed by atoms with E-state index in [2.05, 4.69) is 16.7 Å². The van der Waals surface area contributed by atoms with Crippen LogP contribution in [-0.4, -0.2) is 23.6 Å². The number of aliphatic hydroxyl groups is 1. The second-order valence-electron chi connectivity index (χ2n) is 4.84. The Morgan fingerprint density at radius 2 is 2.19 bits per heavy atom. The maximum Gasteiger partial charge on any atom is 0.242 e. The number of amides is 1. The van der Waals surface area contributed by atoms with Gasteiger partial charge in [-0.25, -0.2) is 0 Å². The molecule has 112 valence electrons. The molecule has 0 spiro atoms. The molecule has 1 unspecified atom stereocenters. The van der Waals surface area contributed by atoms with E-state index < -0.39 is 0 Å². The van der Waals surface area contributed by atoms with Gasteiger partial charge in [-0.1, -0.05) is 18.2 Å². The highest BCUT2D eigenvalue weighted by molar-refractivity contribution is 7.09. The summed E-state index contributed by atoms with van der Waals surface area (Å²) >= 11 is 1.70. The van der Waals surface area contributed by atoms with Gasteiger partial charge in [-0.2, -0.15) is 0 Å². The Morgan fingerprint density at radius 1 is 1.33 bits per heavy atom. The van der Waals surface area contributed by atoms with Crippen LogP contribution in [0.25, 0.3) is 0 Å². The van der Waals surface area contributed by atoms with Gasteiger partial charge in [0.25, 0.3) is 0 Å². The number of anilines is 1. The van der Waals surface area contributed by atoms with Gasteiger partial charge in [0.15, 0.2) is 0 Å². The summed E-state index contributed by atoms with van der Waals surface area (Å²) in [5.41, 5.74) is 1.66. The molecule has 1 aromatic carbocycles. The lowest BCUT2D eigenvalue weighted by Crippen LogP contribution is -2.38. The molecule has 0 aliphatic rings. The molecule has 1 heterocycles. The zero-order valence-electron chi connectivity index (χ0n) is 12.0. The molecule has 5 heteroatoms. The maximum absolute atomic E-state index is 12.0. The van der Waals surface area contributed by atoms with E-state index in [0.29, 0.717) is 6.54 Å². The first-order valence-corrected chi connectivity index (χ1v) is 7.83. The normalized spacial score (nSPS) is 11.9. The first-order chi connectivity index (χ1) is 10.2. The minimum absolute atomic E-state index is 0.00306. The Bertz CT molecular complexity index is 569. The smallest absolute Gasteiger partial charge is 0.242 e.